The second kappa shape index (κ2) is 7.16. The van der Waals surface area contributed by atoms with Crippen molar-refractivity contribution in [3.05, 3.63) is 23.4 Å². The van der Waals surface area contributed by atoms with Gasteiger partial charge < -0.3 is 14.6 Å². The zero-order chi connectivity index (χ0) is 19.9. The lowest BCUT2D eigenvalue weighted by atomic mass is 9.89. The minimum absolute atomic E-state index is 0.122. The van der Waals surface area contributed by atoms with Gasteiger partial charge in [-0.05, 0) is 45.7 Å². The highest BCUT2D eigenvalue weighted by Gasteiger charge is 2.43. The number of alkyl halides is 3. The maximum absolute atomic E-state index is 12.6. The molecule has 3 heterocycles. The van der Waals surface area contributed by atoms with Gasteiger partial charge in [-0.2, -0.15) is 13.2 Å². The van der Waals surface area contributed by atoms with Gasteiger partial charge in [-0.15, -0.1) is 0 Å². The third kappa shape index (κ3) is 3.73. The van der Waals surface area contributed by atoms with Crippen LogP contribution in [0.4, 0.5) is 13.2 Å². The largest absolute Gasteiger partial charge is 0.491 e. The van der Waals surface area contributed by atoms with Crippen molar-refractivity contribution in [1.29, 1.82) is 0 Å². The summed E-state index contributed by atoms with van der Waals surface area (Å²) in [7, 11) is 0. The Balaban J connectivity index is 1.76. The Labute approximate surface area is 158 Å². The van der Waals surface area contributed by atoms with E-state index in [-0.39, 0.29) is 11.5 Å². The lowest BCUT2D eigenvalue weighted by molar-refractivity contribution is -0.191. The van der Waals surface area contributed by atoms with Crippen molar-refractivity contribution in [3.8, 4) is 17.1 Å². The molecule has 0 radical (unpaired) electrons. The summed E-state index contributed by atoms with van der Waals surface area (Å²) >= 11 is 0. The number of rotatable bonds is 4. The van der Waals surface area contributed by atoms with Crippen LogP contribution in [0.2, 0.25) is 0 Å². The number of piperidine rings is 1. The third-order valence-electron chi connectivity index (χ3n) is 5.02. The molecule has 2 aromatic heterocycles. The maximum atomic E-state index is 12.6. The molecule has 0 spiro atoms. The molecular formula is C18H19F3N4O3. The SMILES string of the molecule is Cc1noc(OC(=O)C(F)(F)F)c1-c1cnc(C2CC2)nc1C1CCNCC1. The molecule has 0 atom stereocenters. The minimum Gasteiger partial charge on any atom is -0.384 e. The number of nitrogens with zero attached hydrogens (tertiary/aromatic N) is 3. The molecule has 0 aromatic carbocycles. The Morgan fingerprint density at radius 2 is 1.93 bits per heavy atom. The lowest BCUT2D eigenvalue weighted by Crippen LogP contribution is -2.28. The average molecular weight is 396 g/mol. The molecule has 1 saturated heterocycles. The molecule has 150 valence electrons. The smallest absolute Gasteiger partial charge is 0.384 e. The normalized spacial score (nSPS) is 18.3. The van der Waals surface area contributed by atoms with Crippen molar-refractivity contribution < 1.29 is 27.2 Å². The predicted octanol–water partition coefficient (Wildman–Crippen LogP) is 3.25. The molecule has 10 heteroatoms. The zero-order valence-electron chi connectivity index (χ0n) is 15.2. The molecule has 1 saturated carbocycles. The third-order valence-corrected chi connectivity index (χ3v) is 5.02. The van der Waals surface area contributed by atoms with Crippen LogP contribution >= 0.6 is 0 Å². The lowest BCUT2D eigenvalue weighted by Gasteiger charge is -2.24. The van der Waals surface area contributed by atoms with Crippen LogP contribution in [0.5, 0.6) is 5.95 Å². The van der Waals surface area contributed by atoms with E-state index in [0.717, 1.165) is 50.3 Å². The molecule has 2 aromatic rings. The minimum atomic E-state index is -5.14. The van der Waals surface area contributed by atoms with E-state index in [0.29, 0.717) is 17.2 Å². The molecule has 1 aliphatic carbocycles. The van der Waals surface area contributed by atoms with Gasteiger partial charge in [0.1, 0.15) is 5.82 Å². The number of esters is 1. The molecular weight excluding hydrogens is 377 g/mol. The van der Waals surface area contributed by atoms with Crippen molar-refractivity contribution in [1.82, 2.24) is 20.4 Å². The summed E-state index contributed by atoms with van der Waals surface area (Å²) < 4.78 is 47.2. The van der Waals surface area contributed by atoms with Crippen LogP contribution in [0, 0.1) is 6.92 Å². The fourth-order valence-corrected chi connectivity index (χ4v) is 3.41. The van der Waals surface area contributed by atoms with Gasteiger partial charge in [-0.1, -0.05) is 5.16 Å². The fourth-order valence-electron chi connectivity index (χ4n) is 3.41. The fraction of sp³-hybridized carbons (Fsp3) is 0.556. The molecule has 0 unspecified atom stereocenters. The van der Waals surface area contributed by atoms with Gasteiger partial charge in [-0.25, -0.2) is 14.8 Å². The van der Waals surface area contributed by atoms with E-state index in [1.165, 1.54) is 0 Å². The van der Waals surface area contributed by atoms with Crippen LogP contribution in [0.15, 0.2) is 10.7 Å². The number of ether oxygens (including phenoxy) is 1. The van der Waals surface area contributed by atoms with Gasteiger partial charge in [0, 0.05) is 23.6 Å². The van der Waals surface area contributed by atoms with Crippen LogP contribution in [0.25, 0.3) is 11.1 Å². The van der Waals surface area contributed by atoms with Crippen LogP contribution in [-0.4, -0.2) is 40.4 Å². The molecule has 0 bridgehead atoms. The number of hydrogen-bond donors (Lipinski definition) is 1. The number of hydrogen-bond acceptors (Lipinski definition) is 7. The van der Waals surface area contributed by atoms with Crippen molar-refractivity contribution in [3.63, 3.8) is 0 Å². The second-order valence-electron chi connectivity index (χ2n) is 7.14. The van der Waals surface area contributed by atoms with E-state index >= 15 is 0 Å². The Bertz CT molecular complexity index is 887. The first-order chi connectivity index (χ1) is 13.3. The number of carbonyl (C=O) groups excluding carboxylic acids is 1. The standard InChI is InChI=1S/C18H19F3N4O3/c1-9-13(16(28-25-9)27-17(26)18(19,20)21)12-8-23-15(11-2-3-11)24-14(12)10-4-6-22-7-5-10/h8,10-11,22H,2-7H2,1H3. The Kier molecular flexibility index (Phi) is 4.82. The van der Waals surface area contributed by atoms with E-state index in [2.05, 4.69) is 20.2 Å². The van der Waals surface area contributed by atoms with Crippen LogP contribution in [0.1, 0.15) is 54.7 Å². The summed E-state index contributed by atoms with van der Waals surface area (Å²) in [5, 5.41) is 6.98. The first-order valence-electron chi connectivity index (χ1n) is 9.17. The number of aromatic nitrogens is 3. The summed E-state index contributed by atoms with van der Waals surface area (Å²) in [6, 6.07) is 0. The average Bonchev–Trinajstić information content (AvgIpc) is 3.46. The van der Waals surface area contributed by atoms with Crippen molar-refractivity contribution >= 4 is 5.97 Å². The number of carbonyl (C=O) groups is 1. The molecule has 7 nitrogen and oxygen atoms in total. The highest BCUT2D eigenvalue weighted by Crippen LogP contribution is 2.43. The first-order valence-corrected chi connectivity index (χ1v) is 9.17. The first kappa shape index (κ1) is 18.9. The van der Waals surface area contributed by atoms with E-state index in [1.54, 1.807) is 13.1 Å². The summed E-state index contributed by atoms with van der Waals surface area (Å²) in [5.74, 6) is -1.74. The van der Waals surface area contributed by atoms with Gasteiger partial charge in [0.2, 0.25) is 0 Å². The summed E-state index contributed by atoms with van der Waals surface area (Å²) in [6.45, 7) is 3.22. The maximum Gasteiger partial charge on any atom is 0.491 e. The van der Waals surface area contributed by atoms with Crippen LogP contribution in [0.3, 0.4) is 0 Å². The molecule has 2 fully saturated rings. The van der Waals surface area contributed by atoms with E-state index in [1.807, 2.05) is 0 Å². The van der Waals surface area contributed by atoms with Gasteiger partial charge in [-0.3, -0.25) is 0 Å². The zero-order valence-corrected chi connectivity index (χ0v) is 15.2. The van der Waals surface area contributed by atoms with Crippen molar-refractivity contribution in [2.75, 3.05) is 13.1 Å². The second-order valence-corrected chi connectivity index (χ2v) is 7.14. The van der Waals surface area contributed by atoms with E-state index in [9.17, 15) is 18.0 Å². The number of nitrogens with one attached hydrogen (secondary N) is 1. The van der Waals surface area contributed by atoms with Gasteiger partial charge in [0.05, 0.1) is 17.0 Å². The van der Waals surface area contributed by atoms with E-state index < -0.39 is 18.1 Å². The predicted molar refractivity (Wildman–Crippen MR) is 90.8 cm³/mol. The summed E-state index contributed by atoms with van der Waals surface area (Å²) in [5.41, 5.74) is 1.74. The highest BCUT2D eigenvalue weighted by atomic mass is 19.4. The quantitative estimate of drug-likeness (QED) is 0.794. The van der Waals surface area contributed by atoms with Gasteiger partial charge in [0.15, 0.2) is 0 Å². The number of halogens is 3. The van der Waals surface area contributed by atoms with E-state index in [4.69, 9.17) is 9.51 Å². The summed E-state index contributed by atoms with van der Waals surface area (Å²) in [4.78, 5) is 20.4. The molecule has 28 heavy (non-hydrogen) atoms. The Hall–Kier alpha value is -2.49. The molecule has 1 N–H and O–H groups in total. The van der Waals surface area contributed by atoms with Gasteiger partial charge >= 0.3 is 18.1 Å². The van der Waals surface area contributed by atoms with Crippen molar-refractivity contribution in [2.24, 2.45) is 0 Å². The molecule has 0 amide bonds. The highest BCUT2D eigenvalue weighted by molar-refractivity contribution is 5.81. The summed E-state index contributed by atoms with van der Waals surface area (Å²) in [6.07, 6.45) is 0.203. The Morgan fingerprint density at radius 1 is 1.21 bits per heavy atom. The monoisotopic (exact) mass is 396 g/mol. The number of aryl methyl sites for hydroxylation is 1. The molecule has 4 rings (SSSR count). The Morgan fingerprint density at radius 3 is 2.57 bits per heavy atom. The topological polar surface area (TPSA) is 90.1 Å². The van der Waals surface area contributed by atoms with Gasteiger partial charge in [0.25, 0.3) is 0 Å². The molecule has 2 aliphatic rings. The van der Waals surface area contributed by atoms with Crippen LogP contribution in [-0.2, 0) is 4.79 Å². The van der Waals surface area contributed by atoms with Crippen molar-refractivity contribution in [2.45, 2.75) is 50.6 Å². The molecule has 1 aliphatic heterocycles. The van der Waals surface area contributed by atoms with Crippen LogP contribution < -0.4 is 10.1 Å².